The Balaban J connectivity index is 2.32. The average Bonchev–Trinajstić information content (AvgIpc) is 2.43. The summed E-state index contributed by atoms with van der Waals surface area (Å²) >= 11 is 3.16. The molecule has 1 amide bonds. The van der Waals surface area contributed by atoms with Gasteiger partial charge in [0.1, 0.15) is 5.82 Å². The fraction of sp³-hybridized carbons (Fsp3) is 0.143. The van der Waals surface area contributed by atoms with E-state index in [1.165, 1.54) is 0 Å². The number of benzene rings is 1. The Bertz CT molecular complexity index is 629. The number of carbonyl (C=O) groups excluding carboxylic acids is 1. The van der Waals surface area contributed by atoms with Crippen molar-refractivity contribution in [1.29, 1.82) is 0 Å². The van der Waals surface area contributed by atoms with Crippen LogP contribution >= 0.6 is 15.9 Å². The first-order valence-electron chi connectivity index (χ1n) is 5.69. The Morgan fingerprint density at radius 2 is 1.89 bits per heavy atom. The van der Waals surface area contributed by atoms with Crippen LogP contribution in [0.3, 0.4) is 0 Å². The molecule has 0 aliphatic carbocycles. The van der Waals surface area contributed by atoms with Gasteiger partial charge in [-0.1, -0.05) is 18.2 Å². The Morgan fingerprint density at radius 1 is 1.26 bits per heavy atom. The van der Waals surface area contributed by atoms with Crippen molar-refractivity contribution in [2.75, 3.05) is 5.32 Å². The number of aryl methyl sites for hydroxylation is 1. The second kappa shape index (κ2) is 5.48. The first-order chi connectivity index (χ1) is 9.00. The molecule has 0 aliphatic rings. The summed E-state index contributed by atoms with van der Waals surface area (Å²) in [6, 6.07) is 8.80. The highest BCUT2D eigenvalue weighted by Gasteiger charge is 2.15. The zero-order valence-corrected chi connectivity index (χ0v) is 12.1. The van der Waals surface area contributed by atoms with Crippen molar-refractivity contribution in [3.63, 3.8) is 0 Å². The fourth-order valence-corrected chi connectivity index (χ4v) is 2.09. The normalized spacial score (nSPS) is 10.3. The van der Waals surface area contributed by atoms with Gasteiger partial charge in [0.05, 0.1) is 10.2 Å². The zero-order valence-electron chi connectivity index (χ0n) is 10.5. The molecule has 0 radical (unpaired) electrons. The molecule has 0 aliphatic heterocycles. The second-order valence-corrected chi connectivity index (χ2v) is 4.91. The second-order valence-electron chi connectivity index (χ2n) is 4.12. The van der Waals surface area contributed by atoms with Crippen LogP contribution in [-0.2, 0) is 0 Å². The molecule has 0 bridgehead atoms. The number of carbonyl (C=O) groups is 1. The monoisotopic (exact) mass is 322 g/mol. The van der Waals surface area contributed by atoms with E-state index in [2.05, 4.69) is 26.2 Å². The van der Waals surface area contributed by atoms with Gasteiger partial charge in [0, 0.05) is 11.1 Å². The maximum absolute atomic E-state index is 13.6. The molecule has 2 aromatic rings. The van der Waals surface area contributed by atoms with Gasteiger partial charge in [-0.25, -0.2) is 9.37 Å². The Hall–Kier alpha value is -1.75. The molecule has 98 valence electrons. The Morgan fingerprint density at radius 3 is 2.53 bits per heavy atom. The summed E-state index contributed by atoms with van der Waals surface area (Å²) in [5.41, 5.74) is 1.33. The molecule has 1 aromatic heterocycles. The van der Waals surface area contributed by atoms with Crippen molar-refractivity contribution in [1.82, 2.24) is 4.98 Å². The van der Waals surface area contributed by atoms with Crippen LogP contribution in [0.1, 0.15) is 21.6 Å². The summed E-state index contributed by atoms with van der Waals surface area (Å²) in [7, 11) is 0. The lowest BCUT2D eigenvalue weighted by Crippen LogP contribution is -2.15. The summed E-state index contributed by atoms with van der Waals surface area (Å²) in [6.07, 6.45) is 0. The molecule has 5 heteroatoms. The van der Waals surface area contributed by atoms with Gasteiger partial charge in [-0.3, -0.25) is 4.79 Å². The summed E-state index contributed by atoms with van der Waals surface area (Å²) in [5, 5.41) is 2.69. The highest BCUT2D eigenvalue weighted by Crippen LogP contribution is 2.27. The average molecular weight is 323 g/mol. The molecule has 1 aromatic carbocycles. The van der Waals surface area contributed by atoms with Crippen molar-refractivity contribution in [2.24, 2.45) is 0 Å². The van der Waals surface area contributed by atoms with E-state index < -0.39 is 5.82 Å². The predicted octanol–water partition coefficient (Wildman–Crippen LogP) is 3.85. The van der Waals surface area contributed by atoms with E-state index in [9.17, 15) is 9.18 Å². The van der Waals surface area contributed by atoms with E-state index >= 15 is 0 Å². The number of anilines is 1. The van der Waals surface area contributed by atoms with Crippen LogP contribution in [0.25, 0.3) is 0 Å². The van der Waals surface area contributed by atoms with Crippen molar-refractivity contribution >= 4 is 27.7 Å². The lowest BCUT2D eigenvalue weighted by molar-refractivity contribution is 0.102. The predicted molar refractivity (Wildman–Crippen MR) is 75.8 cm³/mol. The number of nitrogens with zero attached hydrogens (tertiary/aromatic N) is 1. The minimum Gasteiger partial charge on any atom is -0.306 e. The maximum atomic E-state index is 13.6. The quantitative estimate of drug-likeness (QED) is 0.912. The topological polar surface area (TPSA) is 42.0 Å². The minimum atomic E-state index is -0.407. The van der Waals surface area contributed by atoms with Crippen LogP contribution in [-0.4, -0.2) is 10.9 Å². The number of halogens is 2. The smallest absolute Gasteiger partial charge is 0.256 e. The molecular weight excluding hydrogens is 311 g/mol. The van der Waals surface area contributed by atoms with E-state index in [1.807, 2.05) is 6.07 Å². The van der Waals surface area contributed by atoms with Crippen molar-refractivity contribution in [3.8, 4) is 0 Å². The zero-order chi connectivity index (χ0) is 14.0. The summed E-state index contributed by atoms with van der Waals surface area (Å²) in [5.74, 6) is -0.316. The van der Waals surface area contributed by atoms with Crippen LogP contribution in [0.15, 0.2) is 34.8 Å². The summed E-state index contributed by atoms with van der Waals surface area (Å²) < 4.78 is 13.9. The SMILES string of the molecule is Cc1nc(NC(=O)c2ccccc2)c(C)c(Br)c1F. The van der Waals surface area contributed by atoms with Gasteiger partial charge < -0.3 is 5.32 Å². The molecule has 0 fully saturated rings. The third-order valence-corrected chi connectivity index (χ3v) is 3.69. The molecule has 2 rings (SSSR count). The highest BCUT2D eigenvalue weighted by molar-refractivity contribution is 9.10. The Kier molecular flexibility index (Phi) is 3.95. The number of rotatable bonds is 2. The summed E-state index contributed by atoms with van der Waals surface area (Å²) in [6.45, 7) is 3.25. The van der Waals surface area contributed by atoms with Crippen LogP contribution in [0.4, 0.5) is 10.2 Å². The van der Waals surface area contributed by atoms with Crippen molar-refractivity contribution in [2.45, 2.75) is 13.8 Å². The number of pyridine rings is 1. The molecular formula is C14H12BrFN2O. The first kappa shape index (κ1) is 13.7. The van der Waals surface area contributed by atoms with E-state index in [4.69, 9.17) is 0 Å². The lowest BCUT2D eigenvalue weighted by Gasteiger charge is -2.11. The molecule has 0 atom stereocenters. The van der Waals surface area contributed by atoms with E-state index in [-0.39, 0.29) is 11.6 Å². The first-order valence-corrected chi connectivity index (χ1v) is 6.48. The molecule has 1 heterocycles. The van der Waals surface area contributed by atoms with Crippen molar-refractivity contribution in [3.05, 3.63) is 57.4 Å². The number of nitrogens with one attached hydrogen (secondary N) is 1. The third-order valence-electron chi connectivity index (χ3n) is 2.74. The van der Waals surface area contributed by atoms with Crippen LogP contribution < -0.4 is 5.32 Å². The molecule has 3 nitrogen and oxygen atoms in total. The molecule has 0 spiro atoms. The fourth-order valence-electron chi connectivity index (χ4n) is 1.62. The van der Waals surface area contributed by atoms with Crippen LogP contribution in [0, 0.1) is 19.7 Å². The molecule has 0 saturated carbocycles. The third kappa shape index (κ3) is 2.81. The highest BCUT2D eigenvalue weighted by atomic mass is 79.9. The number of amides is 1. The van der Waals surface area contributed by atoms with E-state index in [0.717, 1.165) is 0 Å². The maximum Gasteiger partial charge on any atom is 0.256 e. The van der Waals surface area contributed by atoms with Gasteiger partial charge in [-0.2, -0.15) is 0 Å². The molecule has 0 unspecified atom stereocenters. The summed E-state index contributed by atoms with van der Waals surface area (Å²) in [4.78, 5) is 16.1. The van der Waals surface area contributed by atoms with Crippen LogP contribution in [0.2, 0.25) is 0 Å². The molecule has 0 saturated heterocycles. The molecule has 19 heavy (non-hydrogen) atoms. The van der Waals surface area contributed by atoms with Gasteiger partial charge in [-0.05, 0) is 41.9 Å². The van der Waals surface area contributed by atoms with Gasteiger partial charge >= 0.3 is 0 Å². The number of aromatic nitrogens is 1. The standard InChI is InChI=1S/C14H12BrFN2O/c1-8-11(15)12(16)9(2)17-13(8)18-14(19)10-6-4-3-5-7-10/h3-7H,1-2H3,(H,17,18,19). The minimum absolute atomic E-state index is 0.237. The van der Waals surface area contributed by atoms with E-state index in [1.54, 1.807) is 38.1 Å². The van der Waals surface area contributed by atoms with Crippen LogP contribution in [0.5, 0.6) is 0 Å². The number of hydrogen-bond acceptors (Lipinski definition) is 2. The van der Waals surface area contributed by atoms with E-state index in [0.29, 0.717) is 21.4 Å². The van der Waals surface area contributed by atoms with Gasteiger partial charge in [0.25, 0.3) is 5.91 Å². The van der Waals surface area contributed by atoms with Gasteiger partial charge in [0.15, 0.2) is 5.82 Å². The van der Waals surface area contributed by atoms with Gasteiger partial charge in [-0.15, -0.1) is 0 Å². The number of hydrogen-bond donors (Lipinski definition) is 1. The largest absolute Gasteiger partial charge is 0.306 e. The van der Waals surface area contributed by atoms with Crippen molar-refractivity contribution < 1.29 is 9.18 Å². The Labute approximate surface area is 119 Å². The van der Waals surface area contributed by atoms with Gasteiger partial charge in [0.2, 0.25) is 0 Å². The lowest BCUT2D eigenvalue weighted by atomic mass is 10.2. The molecule has 1 N–H and O–H groups in total.